The highest BCUT2D eigenvalue weighted by Crippen LogP contribution is 2.23. The molecule has 0 radical (unpaired) electrons. The van der Waals surface area contributed by atoms with Crippen molar-refractivity contribution in [1.29, 1.82) is 0 Å². The van der Waals surface area contributed by atoms with Crippen LogP contribution in [0.15, 0.2) is 0 Å². The maximum atomic E-state index is 9.75. The van der Waals surface area contributed by atoms with E-state index in [1.165, 1.54) is 5.01 Å². The van der Waals surface area contributed by atoms with Crippen LogP contribution in [0.25, 0.3) is 0 Å². The van der Waals surface area contributed by atoms with Crippen molar-refractivity contribution in [2.45, 2.75) is 36.9 Å². The number of rotatable bonds is 3. The first-order chi connectivity index (χ1) is 8.04. The fourth-order valence-corrected chi connectivity index (χ4v) is 1.96. The van der Waals surface area contributed by atoms with Crippen molar-refractivity contribution in [3.8, 4) is 0 Å². The Kier molecular flexibility index (Phi) is 3.92. The molecule has 17 heavy (non-hydrogen) atoms. The van der Waals surface area contributed by atoms with Crippen LogP contribution in [0.1, 0.15) is 0 Å². The molecule has 100 valence electrons. The summed E-state index contributed by atoms with van der Waals surface area (Å²) in [5.41, 5.74) is 8.08. The number of aliphatic hydroxyl groups excluding tert-OH is 4. The zero-order valence-corrected chi connectivity index (χ0v) is 9.10. The summed E-state index contributed by atoms with van der Waals surface area (Å²) in [6.45, 7) is -0.0928. The quantitative estimate of drug-likeness (QED) is 0.246. The number of hydrogen-bond acceptors (Lipinski definition) is 9. The number of nitrogens with two attached hydrogens (primary N) is 1. The van der Waals surface area contributed by atoms with Gasteiger partial charge in [-0.25, -0.2) is 5.43 Å². The van der Waals surface area contributed by atoms with E-state index in [0.717, 1.165) is 0 Å². The van der Waals surface area contributed by atoms with Gasteiger partial charge in [-0.1, -0.05) is 0 Å². The number of hydrogen-bond donors (Lipinski definition) is 7. The second-order valence-electron chi connectivity index (χ2n) is 4.16. The van der Waals surface area contributed by atoms with Gasteiger partial charge in [-0.2, -0.15) is 5.01 Å². The van der Waals surface area contributed by atoms with Gasteiger partial charge in [0.25, 0.3) is 0 Å². The van der Waals surface area contributed by atoms with Gasteiger partial charge in [0.1, 0.15) is 30.7 Å². The van der Waals surface area contributed by atoms with E-state index in [1.807, 2.05) is 0 Å². The van der Waals surface area contributed by atoms with Crippen LogP contribution in [0.2, 0.25) is 0 Å². The van der Waals surface area contributed by atoms with Gasteiger partial charge in [0, 0.05) is 0 Å². The predicted molar refractivity (Wildman–Crippen MR) is 54.7 cm³/mol. The van der Waals surface area contributed by atoms with Crippen LogP contribution in [0.5, 0.6) is 0 Å². The molecule has 2 rings (SSSR count). The molecule has 0 amide bonds. The zero-order valence-electron chi connectivity index (χ0n) is 9.10. The average Bonchev–Trinajstić information content (AvgIpc) is 2.87. The molecular weight excluding hydrogens is 232 g/mol. The lowest BCUT2D eigenvalue weighted by molar-refractivity contribution is -0.110. The Morgan fingerprint density at radius 3 is 2.59 bits per heavy atom. The van der Waals surface area contributed by atoms with Crippen LogP contribution >= 0.6 is 0 Å². The summed E-state index contributed by atoms with van der Waals surface area (Å²) >= 11 is 0. The molecule has 0 spiro atoms. The summed E-state index contributed by atoms with van der Waals surface area (Å²) in [4.78, 5) is 0. The molecule has 2 fully saturated rings. The molecule has 2 aliphatic rings. The standard InChI is InChI=1S/C8H18N4O5/c9-6(16)7-10-2-12(11-7)8-5(15)4(14)3(1-13)17-8/h3-8,10-11,13-16H,1-2,9H2/t3-,4-,5-,6?,7?,8-/m0/s1. The van der Waals surface area contributed by atoms with Gasteiger partial charge < -0.3 is 30.9 Å². The highest BCUT2D eigenvalue weighted by atomic mass is 16.6. The minimum Gasteiger partial charge on any atom is -0.394 e. The van der Waals surface area contributed by atoms with Gasteiger partial charge in [0.2, 0.25) is 0 Å². The van der Waals surface area contributed by atoms with E-state index in [0.29, 0.717) is 0 Å². The lowest BCUT2D eigenvalue weighted by atomic mass is 10.1. The first kappa shape index (κ1) is 13.1. The highest BCUT2D eigenvalue weighted by molar-refractivity contribution is 4.91. The molecule has 8 N–H and O–H groups in total. The smallest absolute Gasteiger partial charge is 0.153 e. The van der Waals surface area contributed by atoms with Crippen LogP contribution in [0, 0.1) is 0 Å². The number of nitrogens with one attached hydrogen (secondary N) is 2. The largest absolute Gasteiger partial charge is 0.394 e. The Hall–Kier alpha value is -0.360. The van der Waals surface area contributed by atoms with Crippen molar-refractivity contribution in [3.63, 3.8) is 0 Å². The van der Waals surface area contributed by atoms with Gasteiger partial charge >= 0.3 is 0 Å². The highest BCUT2D eigenvalue weighted by Gasteiger charge is 2.47. The van der Waals surface area contributed by atoms with Crippen molar-refractivity contribution in [2.24, 2.45) is 5.73 Å². The zero-order chi connectivity index (χ0) is 12.6. The molecule has 0 aromatic heterocycles. The molecule has 9 heteroatoms. The monoisotopic (exact) mass is 250 g/mol. The van der Waals surface area contributed by atoms with Crippen molar-refractivity contribution in [2.75, 3.05) is 13.3 Å². The molecule has 0 aliphatic carbocycles. The fraction of sp³-hybridized carbons (Fsp3) is 1.00. The molecular formula is C8H18N4O5. The molecule has 0 aromatic rings. The summed E-state index contributed by atoms with van der Waals surface area (Å²) in [5.74, 6) is 0. The molecule has 9 nitrogen and oxygen atoms in total. The SMILES string of the molecule is NC(O)C1NCN([C@H]2O[C@@H](CO)[C@H](O)[C@@H]2O)N1. The maximum absolute atomic E-state index is 9.75. The fourth-order valence-electron chi connectivity index (χ4n) is 1.96. The van der Waals surface area contributed by atoms with Crippen molar-refractivity contribution in [1.82, 2.24) is 15.8 Å². The molecule has 0 saturated carbocycles. The lowest BCUT2D eigenvalue weighted by Crippen LogP contribution is -2.53. The van der Waals surface area contributed by atoms with E-state index in [1.54, 1.807) is 0 Å². The molecule has 2 aliphatic heterocycles. The summed E-state index contributed by atoms with van der Waals surface area (Å²) in [7, 11) is 0. The van der Waals surface area contributed by atoms with Gasteiger partial charge in [0.15, 0.2) is 6.23 Å². The van der Waals surface area contributed by atoms with Gasteiger partial charge in [-0.15, -0.1) is 0 Å². The van der Waals surface area contributed by atoms with Crippen molar-refractivity contribution >= 4 is 0 Å². The van der Waals surface area contributed by atoms with Crippen LogP contribution in [-0.2, 0) is 4.74 Å². The minimum absolute atomic E-state index is 0.283. The molecule has 6 atom stereocenters. The summed E-state index contributed by atoms with van der Waals surface area (Å²) < 4.78 is 5.30. The summed E-state index contributed by atoms with van der Waals surface area (Å²) in [6, 6.07) is 0. The topological polar surface area (TPSA) is 143 Å². The number of nitrogens with zero attached hydrogens (tertiary/aromatic N) is 1. The second-order valence-corrected chi connectivity index (χ2v) is 4.16. The van der Waals surface area contributed by atoms with Gasteiger partial charge in [-0.3, -0.25) is 5.32 Å². The number of hydrazine groups is 1. The van der Waals surface area contributed by atoms with Crippen LogP contribution in [0.4, 0.5) is 0 Å². The van der Waals surface area contributed by atoms with Crippen molar-refractivity contribution in [3.05, 3.63) is 0 Å². The third-order valence-electron chi connectivity index (χ3n) is 2.95. The first-order valence-electron chi connectivity index (χ1n) is 5.37. The molecule has 2 saturated heterocycles. The minimum atomic E-state index is -1.14. The first-order valence-corrected chi connectivity index (χ1v) is 5.37. The van der Waals surface area contributed by atoms with E-state index >= 15 is 0 Å². The number of ether oxygens (including phenoxy) is 1. The third-order valence-corrected chi connectivity index (χ3v) is 2.95. The average molecular weight is 250 g/mol. The van der Waals surface area contributed by atoms with Crippen LogP contribution in [0.3, 0.4) is 0 Å². The molecule has 0 aromatic carbocycles. The Labute approximate surface area is 97.7 Å². The second kappa shape index (κ2) is 5.10. The van der Waals surface area contributed by atoms with E-state index < -0.39 is 36.9 Å². The van der Waals surface area contributed by atoms with E-state index in [4.69, 9.17) is 20.7 Å². The summed E-state index contributed by atoms with van der Waals surface area (Å²) in [6.07, 6.45) is -5.56. The molecule has 0 bridgehead atoms. The predicted octanol–water partition coefficient (Wildman–Crippen LogP) is -4.60. The summed E-state index contributed by atoms with van der Waals surface area (Å²) in [5, 5.41) is 41.8. The van der Waals surface area contributed by atoms with Crippen LogP contribution in [-0.4, -0.2) is 75.6 Å². The lowest BCUT2D eigenvalue weighted by Gasteiger charge is -2.25. The third kappa shape index (κ3) is 2.42. The Morgan fingerprint density at radius 2 is 2.12 bits per heavy atom. The van der Waals surface area contributed by atoms with E-state index in [2.05, 4.69) is 10.7 Å². The van der Waals surface area contributed by atoms with E-state index in [9.17, 15) is 10.2 Å². The Morgan fingerprint density at radius 1 is 1.41 bits per heavy atom. The molecule has 2 heterocycles. The van der Waals surface area contributed by atoms with Crippen LogP contribution < -0.4 is 16.5 Å². The van der Waals surface area contributed by atoms with Gasteiger partial charge in [-0.05, 0) is 0 Å². The normalized spacial score (nSPS) is 45.4. The molecule has 2 unspecified atom stereocenters. The maximum Gasteiger partial charge on any atom is 0.153 e. The van der Waals surface area contributed by atoms with E-state index in [-0.39, 0.29) is 13.3 Å². The number of aliphatic hydroxyl groups is 4. The van der Waals surface area contributed by atoms with Gasteiger partial charge in [0.05, 0.1) is 13.3 Å². The van der Waals surface area contributed by atoms with Crippen molar-refractivity contribution < 1.29 is 25.2 Å². The Bertz CT molecular complexity index is 268. The Balaban J connectivity index is 1.96.